The third-order valence-electron chi connectivity index (χ3n) is 23.8. The molecule has 0 aromatic heterocycles. The number of ether oxygens (including phenoxy) is 1. The Balaban J connectivity index is 0.945. The molecule has 0 saturated heterocycles. The van der Waals surface area contributed by atoms with Crippen LogP contribution in [0.5, 0.6) is 11.5 Å². The van der Waals surface area contributed by atoms with Crippen molar-refractivity contribution >= 4 is 92.1 Å². The number of nitrogens with zero attached hydrogens (tertiary/aromatic N) is 2. The van der Waals surface area contributed by atoms with Crippen molar-refractivity contribution in [2.24, 2.45) is 0 Å². The van der Waals surface area contributed by atoms with Crippen molar-refractivity contribution in [3.05, 3.63) is 350 Å². The molecule has 0 N–H and O–H groups in total. The Morgan fingerprint density at radius 2 is 0.554 bits per heavy atom. The minimum Gasteiger partial charge on any atom is -0.458 e. The Morgan fingerprint density at radius 1 is 0.223 bits per heavy atom. The van der Waals surface area contributed by atoms with Crippen LogP contribution in [0, 0.1) is 0 Å². The van der Waals surface area contributed by atoms with Gasteiger partial charge in [-0.05, 0) is 204 Å². The molecule has 0 saturated carbocycles. The van der Waals surface area contributed by atoms with E-state index >= 15 is 0 Å². The minimum atomic E-state index is -0.276. The molecule has 0 spiro atoms. The molecule has 4 aliphatic rings. The molecule has 15 aromatic carbocycles. The van der Waals surface area contributed by atoms with Crippen molar-refractivity contribution in [1.82, 2.24) is 0 Å². The molecule has 15 aromatic rings. The average Bonchev–Trinajstić information content (AvgIpc) is 0.686. The van der Waals surface area contributed by atoms with Gasteiger partial charge in [0.2, 0.25) is 6.71 Å². The molecule has 0 fully saturated rings. The maximum Gasteiger partial charge on any atom is 0.256 e. The monoisotopic (exact) mass is 1460 g/mol. The lowest BCUT2D eigenvalue weighted by molar-refractivity contribution is 0.488. The third-order valence-corrected chi connectivity index (χ3v) is 24.9. The van der Waals surface area contributed by atoms with Crippen LogP contribution < -0.4 is 47.3 Å². The smallest absolute Gasteiger partial charge is 0.256 e. The first-order valence-electron chi connectivity index (χ1n) is 39.7. The van der Waals surface area contributed by atoms with Crippen molar-refractivity contribution < 1.29 is 4.74 Å². The van der Waals surface area contributed by atoms with E-state index in [0.29, 0.717) is 0 Å². The minimum absolute atomic E-state index is 0.111. The number of hydrogen-bond donors (Lipinski definition) is 0. The molecule has 0 amide bonds. The summed E-state index contributed by atoms with van der Waals surface area (Å²) in [5.74, 6) is 1.71. The van der Waals surface area contributed by atoms with Crippen LogP contribution in [-0.2, 0) is 21.7 Å². The number of benzene rings is 15. The Hall–Kier alpha value is -11.8. The molecular weight excluding hydrogens is 1370 g/mol. The SMILES string of the molecule is CC(C)(C)c1cc(-c2cc3c4c(c2)N(c2ccccc2-c2ccccc2)c2cc5c(cc2B4c2ccc(-c4ccccc4-c4ccccc4)cc2O3)B2c3ccc(-c4ccccc4-c4ccccc4)cc3Sc3cc(-c4cc(C(C)(C)C)cc(C(C)(C)C)c4)cc(c32)N5c2ccccc2-c2ccccc2)cc(C(C)(C)C)c1. The molecule has 4 aliphatic heterocycles. The van der Waals surface area contributed by atoms with E-state index in [1.165, 1.54) is 104 Å². The van der Waals surface area contributed by atoms with Gasteiger partial charge in [0.25, 0.3) is 6.71 Å². The van der Waals surface area contributed by atoms with Crippen LogP contribution in [0.1, 0.15) is 105 Å². The van der Waals surface area contributed by atoms with E-state index in [4.69, 9.17) is 4.74 Å². The lowest BCUT2D eigenvalue weighted by atomic mass is 9.31. The summed E-state index contributed by atoms with van der Waals surface area (Å²) < 4.78 is 7.85. The lowest BCUT2D eigenvalue weighted by Gasteiger charge is -2.45. The van der Waals surface area contributed by atoms with E-state index in [1.807, 2.05) is 11.8 Å². The van der Waals surface area contributed by atoms with Gasteiger partial charge in [-0.25, -0.2) is 0 Å². The molecule has 112 heavy (non-hydrogen) atoms. The third kappa shape index (κ3) is 12.3. The molecule has 0 unspecified atom stereocenters. The van der Waals surface area contributed by atoms with Gasteiger partial charge < -0.3 is 14.5 Å². The van der Waals surface area contributed by atoms with Crippen molar-refractivity contribution in [3.8, 4) is 101 Å². The van der Waals surface area contributed by atoms with Crippen LogP contribution >= 0.6 is 11.8 Å². The molecule has 3 nitrogen and oxygen atoms in total. The summed E-state index contributed by atoms with van der Waals surface area (Å²) in [6, 6.07) is 124. The van der Waals surface area contributed by atoms with Crippen LogP contribution in [0.2, 0.25) is 0 Å². The molecule has 4 heterocycles. The molecule has 0 aliphatic carbocycles. The Morgan fingerprint density at radius 3 is 0.991 bits per heavy atom. The summed E-state index contributed by atoms with van der Waals surface area (Å²) in [5, 5.41) is 0. The van der Waals surface area contributed by atoms with Crippen LogP contribution in [-0.4, -0.2) is 13.4 Å². The topological polar surface area (TPSA) is 15.7 Å². The summed E-state index contributed by atoms with van der Waals surface area (Å²) in [4.78, 5) is 7.83. The summed E-state index contributed by atoms with van der Waals surface area (Å²) in [6.07, 6.45) is 0. The van der Waals surface area contributed by atoms with Crippen LogP contribution in [0.3, 0.4) is 0 Å². The summed E-state index contributed by atoms with van der Waals surface area (Å²) in [7, 11) is 0. The fourth-order valence-electron chi connectivity index (χ4n) is 17.8. The van der Waals surface area contributed by atoms with Crippen LogP contribution in [0.4, 0.5) is 34.1 Å². The molecule has 0 bridgehead atoms. The Labute approximate surface area is 666 Å². The zero-order valence-electron chi connectivity index (χ0n) is 66.0. The van der Waals surface area contributed by atoms with Gasteiger partial charge in [0.1, 0.15) is 11.5 Å². The molecule has 6 heteroatoms. The summed E-state index contributed by atoms with van der Waals surface area (Å²) in [6.45, 7) is 27.7. The number of anilines is 6. The van der Waals surface area contributed by atoms with Gasteiger partial charge in [0.15, 0.2) is 0 Å². The van der Waals surface area contributed by atoms with E-state index in [-0.39, 0.29) is 35.1 Å². The van der Waals surface area contributed by atoms with Gasteiger partial charge in [-0.3, -0.25) is 0 Å². The predicted octanol–water partition coefficient (Wildman–Crippen LogP) is 25.4. The normalized spacial score (nSPS) is 13.3. The fraction of sp³-hybridized carbons (Fsp3) is 0.151. The first-order valence-corrected chi connectivity index (χ1v) is 40.6. The molecule has 0 atom stereocenters. The number of fused-ring (bicyclic) bond motifs is 8. The molecular formula is C106H90B2N2OS. The van der Waals surface area contributed by atoms with Gasteiger partial charge in [-0.2, -0.15) is 0 Å². The maximum absolute atomic E-state index is 7.85. The average molecular weight is 1460 g/mol. The highest BCUT2D eigenvalue weighted by molar-refractivity contribution is 8.00. The second kappa shape index (κ2) is 27.0. The number of hydrogen-bond acceptors (Lipinski definition) is 4. The first-order chi connectivity index (χ1) is 54.1. The Kier molecular flexibility index (Phi) is 17.0. The van der Waals surface area contributed by atoms with Gasteiger partial charge in [-0.15, -0.1) is 0 Å². The summed E-state index contributed by atoms with van der Waals surface area (Å²) in [5.41, 5.74) is 37.5. The zero-order valence-corrected chi connectivity index (χ0v) is 66.9. The summed E-state index contributed by atoms with van der Waals surface area (Å²) >= 11 is 1.94. The number of rotatable bonds is 10. The quantitative estimate of drug-likeness (QED) is 0.127. The van der Waals surface area contributed by atoms with Crippen molar-refractivity contribution in [2.45, 2.75) is 115 Å². The van der Waals surface area contributed by atoms with Gasteiger partial charge in [-0.1, -0.05) is 373 Å². The highest BCUT2D eigenvalue weighted by Crippen LogP contribution is 2.53. The lowest BCUT2D eigenvalue weighted by Crippen LogP contribution is -2.64. The molecule has 0 radical (unpaired) electrons. The zero-order chi connectivity index (χ0) is 76.7. The first kappa shape index (κ1) is 70.6. The molecule has 19 rings (SSSR count). The highest BCUT2D eigenvalue weighted by atomic mass is 32.2. The highest BCUT2D eigenvalue weighted by Gasteiger charge is 2.48. The van der Waals surface area contributed by atoms with Crippen molar-refractivity contribution in [1.29, 1.82) is 0 Å². The van der Waals surface area contributed by atoms with Crippen molar-refractivity contribution in [2.75, 3.05) is 9.80 Å². The van der Waals surface area contributed by atoms with E-state index in [1.54, 1.807) is 0 Å². The van der Waals surface area contributed by atoms with Crippen LogP contribution in [0.15, 0.2) is 337 Å². The van der Waals surface area contributed by atoms with Crippen molar-refractivity contribution in [3.63, 3.8) is 0 Å². The maximum atomic E-state index is 7.85. The standard InChI is InChI=1S/C106H90B2N2OS/c1-103(2,3)77-53-73(54-78(63-77)104(4,5)6)75-57-95-101-98(60-75)111-97-59-71(83-43-27-25-41-81(83)67-33-17-13-18-34-67)49-51-87(97)107(101)89-65-90-94(66-93(89)109(95)91-47-31-29-45-85(91)69-37-21-15-22-38-69)110(92-48-32-30-46-86(92)70-39-23-16-24-40-70)96-58-76(74-55-79(105(7,8)9)64-80(56-74)106(10,11)12)62-100-102(96)108(90)88-52-50-72(61-99(88)112-100)84-44-28-26-42-82(84)68-35-19-14-20-36-68/h13-66H,1-12H3. The van der Waals surface area contributed by atoms with E-state index < -0.39 is 0 Å². The largest absolute Gasteiger partial charge is 0.458 e. The van der Waals surface area contributed by atoms with Crippen LogP contribution in [0.25, 0.3) is 89.0 Å². The predicted molar refractivity (Wildman–Crippen MR) is 480 cm³/mol. The second-order valence-electron chi connectivity index (χ2n) is 35.2. The van der Waals surface area contributed by atoms with Gasteiger partial charge in [0.05, 0.1) is 11.4 Å². The second-order valence-corrected chi connectivity index (χ2v) is 36.3. The fourth-order valence-corrected chi connectivity index (χ4v) is 19.0. The Bertz CT molecular complexity index is 5810. The van der Waals surface area contributed by atoms with E-state index in [0.717, 1.165) is 95.4 Å². The van der Waals surface area contributed by atoms with Gasteiger partial charge >= 0.3 is 0 Å². The van der Waals surface area contributed by atoms with E-state index in [9.17, 15) is 0 Å². The number of para-hydroxylation sites is 2. The molecule has 542 valence electrons. The van der Waals surface area contributed by atoms with Gasteiger partial charge in [0, 0.05) is 43.7 Å². The van der Waals surface area contributed by atoms with E-state index in [2.05, 4.69) is 420 Å².